The number of benzene rings is 3. The van der Waals surface area contributed by atoms with Crippen LogP contribution in [0.1, 0.15) is 97.8 Å². The molecule has 24 nitrogen and oxygen atoms in total. The third-order valence-corrected chi connectivity index (χ3v) is 13.9. The van der Waals surface area contributed by atoms with Crippen molar-refractivity contribution in [3.8, 4) is 0 Å². The minimum Gasteiger partial charge on any atom is -0.445 e. The van der Waals surface area contributed by atoms with Crippen LogP contribution in [0.15, 0.2) is 72.8 Å². The fourth-order valence-corrected chi connectivity index (χ4v) is 9.26. The van der Waals surface area contributed by atoms with Gasteiger partial charge in [0.2, 0.25) is 35.4 Å². The van der Waals surface area contributed by atoms with Crippen LogP contribution in [0.2, 0.25) is 5.02 Å². The number of halogens is 1. The van der Waals surface area contributed by atoms with Crippen molar-refractivity contribution in [2.75, 3.05) is 50.5 Å². The van der Waals surface area contributed by atoms with Crippen LogP contribution in [0.25, 0.3) is 0 Å². The third kappa shape index (κ3) is 18.2. The molecule has 3 aromatic rings. The Hall–Kier alpha value is -8.09. The first-order valence-electron chi connectivity index (χ1n) is 26.5. The summed E-state index contributed by atoms with van der Waals surface area (Å²) in [7, 11) is 1.57. The first-order valence-corrected chi connectivity index (χ1v) is 26.9. The van der Waals surface area contributed by atoms with Crippen molar-refractivity contribution in [2.24, 2.45) is 11.7 Å². The van der Waals surface area contributed by atoms with E-state index in [9.17, 15) is 53.1 Å². The topological polar surface area (TPSA) is 329 Å². The van der Waals surface area contributed by atoms with Gasteiger partial charge in [0, 0.05) is 80.6 Å². The zero-order valence-electron chi connectivity index (χ0n) is 45.0. The number of carbonyl (C=O) groups is 10. The molecule has 3 aliphatic rings. The van der Waals surface area contributed by atoms with E-state index in [0.29, 0.717) is 72.8 Å². The van der Waals surface area contributed by atoms with Crippen LogP contribution in [-0.2, 0) is 64.4 Å². The van der Waals surface area contributed by atoms with Crippen LogP contribution < -0.4 is 43.0 Å². The quantitative estimate of drug-likeness (QED) is 0.0372. The van der Waals surface area contributed by atoms with Crippen LogP contribution in [-0.4, -0.2) is 144 Å². The Balaban J connectivity index is 0.865. The van der Waals surface area contributed by atoms with E-state index in [1.54, 1.807) is 75.5 Å². The maximum absolute atomic E-state index is 13.6. The lowest BCUT2D eigenvalue weighted by Gasteiger charge is -2.29. The van der Waals surface area contributed by atoms with E-state index in [-0.39, 0.29) is 94.6 Å². The van der Waals surface area contributed by atoms with E-state index in [0.717, 1.165) is 16.7 Å². The maximum atomic E-state index is 13.6. The zero-order valence-corrected chi connectivity index (χ0v) is 45.7. The number of piperidine rings is 1. The van der Waals surface area contributed by atoms with Gasteiger partial charge in [-0.05, 0) is 103 Å². The van der Waals surface area contributed by atoms with Gasteiger partial charge in [-0.2, -0.15) is 0 Å². The average molecular weight is 1130 g/mol. The number of nitrogens with one attached hydrogen (secondary N) is 7. The summed E-state index contributed by atoms with van der Waals surface area (Å²) >= 11 is 6.54. The molecule has 0 spiro atoms. The second-order valence-electron chi connectivity index (χ2n) is 19.9. The molecule has 3 heterocycles. The minimum absolute atomic E-state index is 0.0645. The number of nitrogens with zero attached hydrogens (tertiary/aromatic N) is 3. The Morgan fingerprint density at radius 3 is 2.33 bits per heavy atom. The van der Waals surface area contributed by atoms with Crippen molar-refractivity contribution >= 4 is 82.5 Å². The molecule has 0 bridgehead atoms. The van der Waals surface area contributed by atoms with Gasteiger partial charge in [-0.1, -0.05) is 62.2 Å². The summed E-state index contributed by atoms with van der Waals surface area (Å²) in [6.45, 7) is 5.10. The third-order valence-electron chi connectivity index (χ3n) is 13.5. The average Bonchev–Trinajstić information content (AvgIpc) is 3.93. The molecule has 1 saturated heterocycles. The lowest BCUT2D eigenvalue weighted by atomic mass is 10.0. The number of aliphatic hydroxyl groups is 1. The van der Waals surface area contributed by atoms with Crippen molar-refractivity contribution < 1.29 is 62.5 Å². The largest absolute Gasteiger partial charge is 0.445 e. The summed E-state index contributed by atoms with van der Waals surface area (Å²) < 4.78 is 11.2. The highest BCUT2D eigenvalue weighted by molar-refractivity contribution is 6.31. The molecule has 1 fully saturated rings. The predicted octanol–water partition coefficient (Wildman–Crippen LogP) is 3.54. The fraction of sp³-hybridized carbons (Fsp3) is 0.455. The first kappa shape index (κ1) is 61.1. The number of hydrogen-bond acceptors (Lipinski definition) is 13. The highest BCUT2D eigenvalue weighted by Crippen LogP contribution is 2.29. The number of imide groups is 1. The summed E-state index contributed by atoms with van der Waals surface area (Å²) in [6.07, 6.45) is 4.32. The van der Waals surface area contributed by atoms with Gasteiger partial charge in [0.25, 0.3) is 5.91 Å². The molecule has 0 saturated carbocycles. The zero-order chi connectivity index (χ0) is 57.9. The molecular weight excluding hydrogens is 1060 g/mol. The fourth-order valence-electron chi connectivity index (χ4n) is 8.98. The van der Waals surface area contributed by atoms with Gasteiger partial charge in [-0.15, -0.1) is 0 Å². The Bertz CT molecular complexity index is 2800. The molecule has 3 aromatic carbocycles. The van der Waals surface area contributed by atoms with Crippen molar-refractivity contribution in [3.63, 3.8) is 0 Å². The Morgan fingerprint density at radius 2 is 1.62 bits per heavy atom. The molecule has 0 radical (unpaired) electrons. The van der Waals surface area contributed by atoms with Crippen molar-refractivity contribution in [1.29, 1.82) is 0 Å². The van der Waals surface area contributed by atoms with Gasteiger partial charge in [-0.3, -0.25) is 38.9 Å². The molecule has 430 valence electrons. The minimum atomic E-state index is -1.05. The molecular formula is C55H70ClN11O13. The van der Waals surface area contributed by atoms with E-state index in [1.165, 1.54) is 26.9 Å². The van der Waals surface area contributed by atoms with Gasteiger partial charge in [0.1, 0.15) is 31.0 Å². The second kappa shape index (κ2) is 29.8. The number of urea groups is 2. The standard InChI is InChI=1S/C55H70ClN11O13/c1-33(2)48(63-44(68)9-5-4-6-24-66-46(70)20-21-47(66)71)51(74)62-42(8-7-23-58-53(57)76)49(72)60-38-14-10-34(11-15-38)32-80-55(78)65(3)25-27-79-26-22-36-13-16-39(29-41(36)56)61-54(77)59-30-35-12-17-40-37(28-35)31-67(52(40)75)43-18-19-45(69)64-50(43)73/h10-17,20-21,28-29,33,42-43,46,48,70H,4-9,18-19,22-27,30-32H2,1-3H3,(H,60,72)(H,62,74)(H,63,68)(H3,57,58,76)(H2,59,61,77)(H,64,69,73)/t42-,43?,46?,48-/m0/s1. The van der Waals surface area contributed by atoms with Crippen LogP contribution in [0.5, 0.6) is 0 Å². The Labute approximate surface area is 468 Å². The number of amides is 12. The van der Waals surface area contributed by atoms with E-state index < -0.39 is 60.2 Å². The molecule has 6 rings (SSSR count). The van der Waals surface area contributed by atoms with Crippen molar-refractivity contribution in [2.45, 2.75) is 116 Å². The van der Waals surface area contributed by atoms with Gasteiger partial charge in [0.15, 0.2) is 0 Å². The molecule has 25 heteroatoms. The smallest absolute Gasteiger partial charge is 0.409 e. The van der Waals surface area contributed by atoms with Gasteiger partial charge in [-0.25, -0.2) is 14.4 Å². The van der Waals surface area contributed by atoms with Crippen molar-refractivity contribution in [3.05, 3.63) is 106 Å². The summed E-state index contributed by atoms with van der Waals surface area (Å²) in [6, 6.07) is 13.0. The number of ether oxygens (including phenoxy) is 2. The lowest BCUT2D eigenvalue weighted by Crippen LogP contribution is -2.54. The van der Waals surface area contributed by atoms with Crippen molar-refractivity contribution in [1.82, 2.24) is 41.3 Å². The maximum Gasteiger partial charge on any atom is 0.409 e. The number of anilines is 2. The number of primary amides is 1. The molecule has 0 aliphatic carbocycles. The Kier molecular flexibility index (Phi) is 22.7. The number of hydrogen-bond donors (Lipinski definition) is 9. The van der Waals surface area contributed by atoms with Crippen LogP contribution in [0, 0.1) is 5.92 Å². The number of aliphatic hydroxyl groups excluding tert-OH is 1. The Morgan fingerprint density at radius 1 is 0.875 bits per heavy atom. The van der Waals surface area contributed by atoms with Gasteiger partial charge < -0.3 is 66.9 Å². The van der Waals surface area contributed by atoms with E-state index in [2.05, 4.69) is 37.2 Å². The van der Waals surface area contributed by atoms with Gasteiger partial charge in [0.05, 0.1) is 13.2 Å². The second-order valence-corrected chi connectivity index (χ2v) is 20.3. The highest BCUT2D eigenvalue weighted by atomic mass is 35.5. The van der Waals surface area contributed by atoms with Crippen LogP contribution >= 0.6 is 11.6 Å². The van der Waals surface area contributed by atoms with E-state index in [1.807, 2.05) is 6.07 Å². The first-order chi connectivity index (χ1) is 38.3. The monoisotopic (exact) mass is 1130 g/mol. The molecule has 80 heavy (non-hydrogen) atoms. The highest BCUT2D eigenvalue weighted by Gasteiger charge is 2.39. The molecule has 3 aliphatic heterocycles. The number of carbonyl (C=O) groups excluding carboxylic acids is 10. The molecule has 0 aromatic heterocycles. The van der Waals surface area contributed by atoms with E-state index in [4.69, 9.17) is 26.8 Å². The molecule has 10 N–H and O–H groups in total. The number of fused-ring (bicyclic) bond motifs is 1. The van der Waals surface area contributed by atoms with Gasteiger partial charge >= 0.3 is 18.2 Å². The predicted molar refractivity (Wildman–Crippen MR) is 293 cm³/mol. The van der Waals surface area contributed by atoms with E-state index >= 15 is 0 Å². The summed E-state index contributed by atoms with van der Waals surface area (Å²) in [5.74, 6) is -3.18. The number of unbranched alkanes of at least 4 members (excludes halogenated alkanes) is 2. The number of nitrogens with two attached hydrogens (primary N) is 1. The molecule has 12 amide bonds. The summed E-state index contributed by atoms with van der Waals surface area (Å²) in [5, 5.41) is 28.9. The normalized spacial score (nSPS) is 16.4. The van der Waals surface area contributed by atoms with Crippen LogP contribution in [0.3, 0.4) is 0 Å². The summed E-state index contributed by atoms with van der Waals surface area (Å²) in [5.41, 5.74) is 9.44. The van der Waals surface area contributed by atoms with Crippen LogP contribution in [0.4, 0.5) is 25.8 Å². The summed E-state index contributed by atoms with van der Waals surface area (Å²) in [4.78, 5) is 130. The number of likely N-dealkylation sites (N-methyl/N-ethyl adjacent to an activating group) is 1. The lowest BCUT2D eigenvalue weighted by molar-refractivity contribution is -0.137. The molecule has 4 atom stereocenters. The number of rotatable bonds is 28. The molecule has 2 unspecified atom stereocenters. The SMILES string of the molecule is CC(C)[C@H](NC(=O)CCCCCN1C(=O)C=CC1O)C(=O)N[C@@H](CCCNC(N)=O)C(=O)Nc1ccc(COC(=O)N(C)CCOCCc2ccc(NC(=O)NCc3ccc4c(c3)CN(C3CCC(=O)NC3=O)C4=O)cc2Cl)cc1.